The highest BCUT2D eigenvalue weighted by Gasteiger charge is 2.36. The summed E-state index contributed by atoms with van der Waals surface area (Å²) in [5.41, 5.74) is 2.15. The van der Waals surface area contributed by atoms with Crippen LogP contribution in [0.4, 0.5) is 0 Å². The third kappa shape index (κ3) is 8.74. The fourth-order valence-electron chi connectivity index (χ4n) is 5.76. The molecule has 0 spiro atoms. The number of H-pyrrole nitrogens is 1. The average molecular weight is 640 g/mol. The minimum Gasteiger partial charge on any atom is -0.490 e. The zero-order valence-electron chi connectivity index (χ0n) is 26.5. The van der Waals surface area contributed by atoms with Crippen molar-refractivity contribution in [1.82, 2.24) is 25.8 Å². The molecule has 2 amide bonds. The van der Waals surface area contributed by atoms with Gasteiger partial charge in [-0.25, -0.2) is 4.79 Å². The van der Waals surface area contributed by atoms with Crippen LogP contribution in [0.15, 0.2) is 36.4 Å². The van der Waals surface area contributed by atoms with Crippen molar-refractivity contribution in [3.05, 3.63) is 42.0 Å². The second-order valence-corrected chi connectivity index (χ2v) is 12.2. The van der Waals surface area contributed by atoms with E-state index < -0.39 is 42.1 Å². The summed E-state index contributed by atoms with van der Waals surface area (Å²) in [5, 5.41) is 39.9. The molecule has 2 aromatic carbocycles. The number of aliphatic hydroxyl groups is 1. The van der Waals surface area contributed by atoms with Crippen LogP contribution in [0.5, 0.6) is 5.75 Å². The number of carbonyl (C=O) groups is 4. The number of nitrogens with one attached hydrogen (secondary N) is 4. The molecule has 2 heterocycles. The number of aromatic amines is 1. The Bertz CT molecular complexity index is 1540. The molecular formula is C33H45N5O8. The monoisotopic (exact) mass is 639 g/mol. The van der Waals surface area contributed by atoms with E-state index >= 15 is 0 Å². The van der Waals surface area contributed by atoms with Gasteiger partial charge in [0.15, 0.2) is 0 Å². The number of nitrogens with zero attached hydrogens (tertiary/aromatic N) is 1. The van der Waals surface area contributed by atoms with E-state index in [-0.39, 0.29) is 25.0 Å². The molecule has 4 rings (SSSR count). The second-order valence-electron chi connectivity index (χ2n) is 12.2. The minimum absolute atomic E-state index is 0.114. The highest BCUT2D eigenvalue weighted by Crippen LogP contribution is 2.34. The van der Waals surface area contributed by atoms with Gasteiger partial charge in [-0.2, -0.15) is 0 Å². The van der Waals surface area contributed by atoms with Crippen LogP contribution in [-0.4, -0.2) is 105 Å². The quantitative estimate of drug-likeness (QED) is 0.108. The van der Waals surface area contributed by atoms with Crippen LogP contribution in [0.1, 0.15) is 63.2 Å². The van der Waals surface area contributed by atoms with Crippen molar-refractivity contribution in [2.45, 2.75) is 83.1 Å². The molecule has 4 atom stereocenters. The Morgan fingerprint density at radius 3 is 2.57 bits per heavy atom. The van der Waals surface area contributed by atoms with Gasteiger partial charge in [-0.3, -0.25) is 19.7 Å². The number of rotatable bonds is 17. The predicted octanol–water partition coefficient (Wildman–Crippen LogP) is 2.47. The van der Waals surface area contributed by atoms with Gasteiger partial charge in [0.1, 0.15) is 30.5 Å². The number of carboxylic acid groups (broad SMARTS) is 2. The minimum atomic E-state index is -1.10. The Hall–Kier alpha value is -4.20. The maximum atomic E-state index is 13.0. The molecule has 0 aliphatic carbocycles. The lowest BCUT2D eigenvalue weighted by atomic mass is 10.1. The third-order valence-electron chi connectivity index (χ3n) is 8.19. The molecule has 46 heavy (non-hydrogen) atoms. The topological polar surface area (TPSA) is 193 Å². The molecule has 1 saturated heterocycles. The SMILES string of the molecule is CC(C)NCC(O)COc1cccc2[nH]c3ccc(C(=O)NCCCCC(NC(C)C(=O)N4CCCC4C(=O)O)C(=O)O)cc3c12. The maximum Gasteiger partial charge on any atom is 0.326 e. The van der Waals surface area contributed by atoms with E-state index in [1.807, 2.05) is 38.1 Å². The molecular weight excluding hydrogens is 594 g/mol. The molecule has 1 aromatic heterocycles. The highest BCUT2D eigenvalue weighted by atomic mass is 16.5. The van der Waals surface area contributed by atoms with Gasteiger partial charge in [-0.15, -0.1) is 0 Å². The fraction of sp³-hybridized carbons (Fsp3) is 0.515. The number of carboxylic acids is 2. The normalized spacial score (nSPS) is 16.9. The standard InChI is InChI=1S/C33H45N5O8/c1-19(2)35-17-22(39)18-46-28-11-6-9-25-29(28)23-16-21(12-13-24(23)37-25)30(40)34-14-5-4-8-26(32(42)43)36-20(3)31(41)38-15-7-10-27(38)33(44)45/h6,9,11-13,16,19-20,22,26-27,35-37,39H,4-5,7-8,10,14-15,17-18H2,1-3H3,(H,34,40)(H,42,43)(H,44,45). The van der Waals surface area contributed by atoms with Crippen molar-refractivity contribution in [2.75, 3.05) is 26.2 Å². The molecule has 4 unspecified atom stereocenters. The molecule has 1 aliphatic rings. The molecule has 250 valence electrons. The van der Waals surface area contributed by atoms with Gasteiger partial charge >= 0.3 is 11.9 Å². The molecule has 13 heteroatoms. The summed E-state index contributed by atoms with van der Waals surface area (Å²) in [7, 11) is 0. The van der Waals surface area contributed by atoms with Gasteiger partial charge in [0.25, 0.3) is 5.91 Å². The first-order valence-corrected chi connectivity index (χ1v) is 15.8. The molecule has 0 radical (unpaired) electrons. The van der Waals surface area contributed by atoms with Gasteiger partial charge in [-0.1, -0.05) is 19.9 Å². The molecule has 1 fully saturated rings. The number of carbonyl (C=O) groups excluding carboxylic acids is 2. The van der Waals surface area contributed by atoms with E-state index in [9.17, 15) is 34.5 Å². The number of amides is 2. The van der Waals surface area contributed by atoms with Crippen molar-refractivity contribution in [3.8, 4) is 5.75 Å². The number of aliphatic carboxylic acids is 2. The Labute approximate surface area is 267 Å². The number of fused-ring (bicyclic) bond motifs is 3. The number of aliphatic hydroxyl groups excluding tert-OH is 1. The lowest BCUT2D eigenvalue weighted by Gasteiger charge is -2.27. The fourth-order valence-corrected chi connectivity index (χ4v) is 5.76. The van der Waals surface area contributed by atoms with Crippen molar-refractivity contribution in [2.24, 2.45) is 0 Å². The number of aromatic nitrogens is 1. The third-order valence-corrected chi connectivity index (χ3v) is 8.19. The molecule has 0 saturated carbocycles. The second kappa shape index (κ2) is 15.9. The van der Waals surface area contributed by atoms with Crippen LogP contribution in [-0.2, 0) is 14.4 Å². The van der Waals surface area contributed by atoms with Crippen molar-refractivity contribution < 1.29 is 39.2 Å². The summed E-state index contributed by atoms with van der Waals surface area (Å²) in [6.07, 6.45) is 1.53. The number of hydrogen-bond donors (Lipinski definition) is 7. The summed E-state index contributed by atoms with van der Waals surface area (Å²) < 4.78 is 5.98. The first-order chi connectivity index (χ1) is 22.0. The van der Waals surface area contributed by atoms with E-state index in [1.54, 1.807) is 19.1 Å². The maximum absolute atomic E-state index is 13.0. The first-order valence-electron chi connectivity index (χ1n) is 15.8. The molecule has 7 N–H and O–H groups in total. The molecule has 13 nitrogen and oxygen atoms in total. The van der Waals surface area contributed by atoms with Gasteiger partial charge < -0.3 is 40.6 Å². The summed E-state index contributed by atoms with van der Waals surface area (Å²) in [4.78, 5) is 53.8. The van der Waals surface area contributed by atoms with E-state index in [0.717, 1.165) is 21.8 Å². The van der Waals surface area contributed by atoms with Crippen molar-refractivity contribution in [1.29, 1.82) is 0 Å². The molecule has 3 aromatic rings. The zero-order valence-corrected chi connectivity index (χ0v) is 26.5. The average Bonchev–Trinajstić information content (AvgIpc) is 3.66. The predicted molar refractivity (Wildman–Crippen MR) is 173 cm³/mol. The Morgan fingerprint density at radius 1 is 1.07 bits per heavy atom. The number of benzene rings is 2. The summed E-state index contributed by atoms with van der Waals surface area (Å²) in [6, 6.07) is 8.51. The number of unbranched alkanes of at least 4 members (excludes halogenated alkanes) is 1. The Morgan fingerprint density at radius 2 is 1.85 bits per heavy atom. The molecule has 0 bridgehead atoms. The van der Waals surface area contributed by atoms with E-state index in [0.29, 0.717) is 56.6 Å². The van der Waals surface area contributed by atoms with Gasteiger partial charge in [-0.05, 0) is 69.4 Å². The zero-order chi connectivity index (χ0) is 33.4. The highest BCUT2D eigenvalue weighted by molar-refractivity contribution is 6.12. The number of likely N-dealkylation sites (tertiary alicyclic amines) is 1. The van der Waals surface area contributed by atoms with Gasteiger partial charge in [0, 0.05) is 47.5 Å². The smallest absolute Gasteiger partial charge is 0.326 e. The van der Waals surface area contributed by atoms with E-state index in [2.05, 4.69) is 20.9 Å². The van der Waals surface area contributed by atoms with E-state index in [4.69, 9.17) is 4.74 Å². The van der Waals surface area contributed by atoms with Crippen LogP contribution in [0.25, 0.3) is 21.8 Å². The van der Waals surface area contributed by atoms with Crippen molar-refractivity contribution >= 4 is 45.6 Å². The number of ether oxygens (including phenoxy) is 1. The van der Waals surface area contributed by atoms with Crippen LogP contribution in [0.2, 0.25) is 0 Å². The van der Waals surface area contributed by atoms with Crippen molar-refractivity contribution in [3.63, 3.8) is 0 Å². The molecule has 1 aliphatic heterocycles. The van der Waals surface area contributed by atoms with E-state index in [1.165, 1.54) is 4.90 Å². The number of hydrogen-bond acceptors (Lipinski definition) is 8. The Balaban J connectivity index is 1.30. The summed E-state index contributed by atoms with van der Waals surface area (Å²) in [5.74, 6) is -2.25. The summed E-state index contributed by atoms with van der Waals surface area (Å²) >= 11 is 0. The first kappa shape index (κ1) is 34.7. The largest absolute Gasteiger partial charge is 0.490 e. The summed E-state index contributed by atoms with van der Waals surface area (Å²) in [6.45, 7) is 6.74. The van der Waals surface area contributed by atoms with Crippen LogP contribution >= 0.6 is 0 Å². The van der Waals surface area contributed by atoms with Gasteiger partial charge in [0.2, 0.25) is 5.91 Å². The van der Waals surface area contributed by atoms with Crippen LogP contribution in [0.3, 0.4) is 0 Å². The van der Waals surface area contributed by atoms with Gasteiger partial charge in [0.05, 0.1) is 11.6 Å². The lowest BCUT2D eigenvalue weighted by Crippen LogP contribution is -2.53. The van der Waals surface area contributed by atoms with Crippen LogP contribution in [0, 0.1) is 0 Å². The Kier molecular flexibility index (Phi) is 12.0. The lowest BCUT2D eigenvalue weighted by molar-refractivity contribution is -0.149. The van der Waals surface area contributed by atoms with Crippen LogP contribution < -0.4 is 20.7 Å².